The van der Waals surface area contributed by atoms with Gasteiger partial charge in [-0.2, -0.15) is 0 Å². The van der Waals surface area contributed by atoms with Crippen molar-refractivity contribution in [1.29, 1.82) is 0 Å². The first kappa shape index (κ1) is 11.9. The number of nitrogens with zero attached hydrogens (tertiary/aromatic N) is 1. The van der Waals surface area contributed by atoms with Crippen molar-refractivity contribution in [2.24, 2.45) is 0 Å². The molecule has 1 aliphatic heterocycles. The number of likely N-dealkylation sites (N-methyl/N-ethyl adjacent to an activating group) is 1. The fraction of sp³-hybridized carbons (Fsp3) is 0.333. The quantitative estimate of drug-likeness (QED) is 0.863. The zero-order valence-corrected chi connectivity index (χ0v) is 10.2. The lowest BCUT2D eigenvalue weighted by Crippen LogP contribution is -2.40. The van der Waals surface area contributed by atoms with E-state index in [9.17, 15) is 9.59 Å². The van der Waals surface area contributed by atoms with Gasteiger partial charge in [0.25, 0.3) is 5.91 Å². The third kappa shape index (κ3) is 2.58. The number of hydrogen-bond acceptors (Lipinski definition) is 2. The van der Waals surface area contributed by atoms with Gasteiger partial charge in [-0.05, 0) is 24.6 Å². The Hall–Kier alpha value is -1.55. The van der Waals surface area contributed by atoms with E-state index in [4.69, 9.17) is 11.6 Å². The smallest absolute Gasteiger partial charge is 0.251 e. The molecule has 1 N–H and O–H groups in total. The largest absolute Gasteiger partial charge is 0.344 e. The fourth-order valence-electron chi connectivity index (χ4n) is 1.83. The summed E-state index contributed by atoms with van der Waals surface area (Å²) in [4.78, 5) is 25.1. The van der Waals surface area contributed by atoms with Crippen LogP contribution in [0.4, 0.5) is 0 Å². The second-order valence-corrected chi connectivity index (χ2v) is 4.52. The molecule has 1 saturated heterocycles. The maximum absolute atomic E-state index is 11.9. The van der Waals surface area contributed by atoms with Crippen molar-refractivity contribution in [2.45, 2.75) is 12.5 Å². The first-order valence-corrected chi connectivity index (χ1v) is 5.77. The van der Waals surface area contributed by atoms with Crippen LogP contribution in [0.3, 0.4) is 0 Å². The molecule has 2 rings (SSSR count). The van der Waals surface area contributed by atoms with Crippen molar-refractivity contribution >= 4 is 23.4 Å². The third-order valence-corrected chi connectivity index (χ3v) is 3.05. The van der Waals surface area contributed by atoms with Crippen molar-refractivity contribution in [1.82, 2.24) is 10.2 Å². The maximum Gasteiger partial charge on any atom is 0.251 e. The average molecular weight is 253 g/mol. The summed E-state index contributed by atoms with van der Waals surface area (Å²) in [6.07, 6.45) is 0.654. The summed E-state index contributed by atoms with van der Waals surface area (Å²) in [7, 11) is 1.73. The van der Waals surface area contributed by atoms with Crippen molar-refractivity contribution < 1.29 is 9.59 Å². The lowest BCUT2D eigenvalue weighted by atomic mass is 10.2. The molecule has 1 aromatic carbocycles. The molecule has 5 heteroatoms. The number of amides is 2. The zero-order valence-electron chi connectivity index (χ0n) is 9.44. The van der Waals surface area contributed by atoms with Gasteiger partial charge in [0, 0.05) is 24.2 Å². The van der Waals surface area contributed by atoms with E-state index in [0.29, 0.717) is 23.6 Å². The number of likely N-dealkylation sites (tertiary alicyclic amines) is 1. The lowest BCUT2D eigenvalue weighted by molar-refractivity contribution is -0.128. The molecule has 1 heterocycles. The van der Waals surface area contributed by atoms with Crippen LogP contribution >= 0.6 is 11.6 Å². The Morgan fingerprint density at radius 2 is 2.29 bits per heavy atom. The Labute approximate surface area is 105 Å². The molecular formula is C12H13ClN2O2. The highest BCUT2D eigenvalue weighted by molar-refractivity contribution is 6.31. The number of halogens is 1. The van der Waals surface area contributed by atoms with Gasteiger partial charge in [-0.3, -0.25) is 9.59 Å². The summed E-state index contributed by atoms with van der Waals surface area (Å²) < 4.78 is 0. The highest BCUT2D eigenvalue weighted by Crippen LogP contribution is 2.13. The number of carbonyl (C=O) groups is 2. The van der Waals surface area contributed by atoms with Crippen molar-refractivity contribution in [3.8, 4) is 0 Å². The number of carbonyl (C=O) groups excluding carboxylic acids is 2. The molecular weight excluding hydrogens is 240 g/mol. The van der Waals surface area contributed by atoms with Gasteiger partial charge in [-0.1, -0.05) is 17.7 Å². The normalized spacial score (nSPS) is 19.5. The molecule has 1 aliphatic rings. The Kier molecular flexibility index (Phi) is 3.33. The van der Waals surface area contributed by atoms with Crippen molar-refractivity contribution in [3.05, 3.63) is 34.9 Å². The monoisotopic (exact) mass is 252 g/mol. The van der Waals surface area contributed by atoms with Crippen LogP contribution in [0.2, 0.25) is 5.02 Å². The first-order chi connectivity index (χ1) is 8.08. The summed E-state index contributed by atoms with van der Waals surface area (Å²) in [5.74, 6) is -0.304. The molecule has 4 nitrogen and oxygen atoms in total. The van der Waals surface area contributed by atoms with E-state index < -0.39 is 6.04 Å². The molecule has 1 aromatic rings. The first-order valence-electron chi connectivity index (χ1n) is 5.39. The predicted molar refractivity (Wildman–Crippen MR) is 65.0 cm³/mol. The van der Waals surface area contributed by atoms with Crippen LogP contribution in [0.1, 0.15) is 16.8 Å². The standard InChI is InChI=1S/C12H13ClN2O2/c1-15-6-5-10(12(15)17)14-11(16)8-3-2-4-9(13)7-8/h2-4,7,10H,5-6H2,1H3,(H,14,16). The number of hydrogen-bond donors (Lipinski definition) is 1. The van der Waals surface area contributed by atoms with Gasteiger partial charge >= 0.3 is 0 Å². The number of rotatable bonds is 2. The molecule has 1 atom stereocenters. The molecule has 2 amide bonds. The second kappa shape index (κ2) is 4.75. The summed E-state index contributed by atoms with van der Waals surface area (Å²) in [5.41, 5.74) is 0.472. The maximum atomic E-state index is 11.9. The van der Waals surface area contributed by atoms with Crippen LogP contribution in [-0.2, 0) is 4.79 Å². The van der Waals surface area contributed by atoms with E-state index in [2.05, 4.69) is 5.32 Å². The van der Waals surface area contributed by atoms with E-state index in [1.807, 2.05) is 0 Å². The van der Waals surface area contributed by atoms with E-state index in [1.165, 1.54) is 0 Å². The van der Waals surface area contributed by atoms with E-state index in [1.54, 1.807) is 36.2 Å². The van der Waals surface area contributed by atoms with Gasteiger partial charge in [0.05, 0.1) is 0 Å². The third-order valence-electron chi connectivity index (χ3n) is 2.82. The van der Waals surface area contributed by atoms with Gasteiger partial charge in [0.2, 0.25) is 5.91 Å². The molecule has 0 aromatic heterocycles. The van der Waals surface area contributed by atoms with Gasteiger partial charge in [-0.25, -0.2) is 0 Å². The fourth-order valence-corrected chi connectivity index (χ4v) is 2.02. The molecule has 0 radical (unpaired) electrons. The van der Waals surface area contributed by atoms with Crippen LogP contribution < -0.4 is 5.32 Å². The van der Waals surface area contributed by atoms with Crippen LogP contribution in [0.25, 0.3) is 0 Å². The van der Waals surface area contributed by atoms with Gasteiger partial charge in [0.1, 0.15) is 6.04 Å². The number of benzene rings is 1. The molecule has 0 bridgehead atoms. The molecule has 0 saturated carbocycles. The van der Waals surface area contributed by atoms with Crippen LogP contribution in [-0.4, -0.2) is 36.3 Å². The minimum absolute atomic E-state index is 0.0413. The number of nitrogens with one attached hydrogen (secondary N) is 1. The Morgan fingerprint density at radius 3 is 2.88 bits per heavy atom. The molecule has 0 spiro atoms. The van der Waals surface area contributed by atoms with Crippen molar-refractivity contribution in [3.63, 3.8) is 0 Å². The highest BCUT2D eigenvalue weighted by Gasteiger charge is 2.30. The Morgan fingerprint density at radius 1 is 1.53 bits per heavy atom. The average Bonchev–Trinajstić information content (AvgIpc) is 2.61. The second-order valence-electron chi connectivity index (χ2n) is 4.08. The van der Waals surface area contributed by atoms with Crippen molar-refractivity contribution in [2.75, 3.05) is 13.6 Å². The minimum atomic E-state index is -0.411. The molecule has 1 fully saturated rings. The zero-order chi connectivity index (χ0) is 12.4. The molecule has 1 unspecified atom stereocenters. The molecule has 0 aliphatic carbocycles. The summed E-state index contributed by atoms with van der Waals surface area (Å²) >= 11 is 5.80. The predicted octanol–water partition coefficient (Wildman–Crippen LogP) is 1.30. The van der Waals surface area contributed by atoms with Crippen LogP contribution in [0, 0.1) is 0 Å². The van der Waals surface area contributed by atoms with Gasteiger partial charge in [0.15, 0.2) is 0 Å². The summed E-state index contributed by atoms with van der Waals surface area (Å²) in [5, 5.41) is 3.22. The topological polar surface area (TPSA) is 49.4 Å². The van der Waals surface area contributed by atoms with Crippen LogP contribution in [0.15, 0.2) is 24.3 Å². The molecule has 17 heavy (non-hydrogen) atoms. The highest BCUT2D eigenvalue weighted by atomic mass is 35.5. The van der Waals surface area contributed by atoms with E-state index >= 15 is 0 Å². The van der Waals surface area contributed by atoms with Gasteiger partial charge in [-0.15, -0.1) is 0 Å². The van der Waals surface area contributed by atoms with Crippen LogP contribution in [0.5, 0.6) is 0 Å². The van der Waals surface area contributed by atoms with E-state index in [0.717, 1.165) is 0 Å². The molecule has 90 valence electrons. The minimum Gasteiger partial charge on any atom is -0.344 e. The summed E-state index contributed by atoms with van der Waals surface area (Å²) in [6.45, 7) is 0.680. The SMILES string of the molecule is CN1CCC(NC(=O)c2cccc(Cl)c2)C1=O. The summed E-state index contributed by atoms with van der Waals surface area (Å²) in [6, 6.07) is 6.25. The van der Waals surface area contributed by atoms with E-state index in [-0.39, 0.29) is 11.8 Å². The Bertz CT molecular complexity index is 462. The Balaban J connectivity index is 2.05. The lowest BCUT2D eigenvalue weighted by Gasteiger charge is -2.12. The van der Waals surface area contributed by atoms with Gasteiger partial charge < -0.3 is 10.2 Å².